The van der Waals surface area contributed by atoms with Crippen molar-refractivity contribution in [3.05, 3.63) is 22.5 Å². The van der Waals surface area contributed by atoms with Crippen molar-refractivity contribution < 1.29 is 18.0 Å². The van der Waals surface area contributed by atoms with Crippen molar-refractivity contribution in [2.75, 3.05) is 19.3 Å². The van der Waals surface area contributed by atoms with E-state index in [1.807, 2.05) is 0 Å². The summed E-state index contributed by atoms with van der Waals surface area (Å²) < 4.78 is 25.1. The van der Waals surface area contributed by atoms with Gasteiger partial charge in [-0.1, -0.05) is 0 Å². The van der Waals surface area contributed by atoms with E-state index in [9.17, 15) is 18.0 Å². The van der Waals surface area contributed by atoms with E-state index in [-0.39, 0.29) is 17.7 Å². The summed E-state index contributed by atoms with van der Waals surface area (Å²) >= 11 is 0. The average molecular weight is 341 g/mol. The van der Waals surface area contributed by atoms with Crippen molar-refractivity contribution in [3.63, 3.8) is 0 Å². The molecule has 2 heterocycles. The lowest BCUT2D eigenvalue weighted by atomic mass is 10.0. The van der Waals surface area contributed by atoms with Crippen LogP contribution in [0.1, 0.15) is 51.9 Å². The highest BCUT2D eigenvalue weighted by atomic mass is 32.2. The fourth-order valence-corrected chi connectivity index (χ4v) is 3.99. The molecular formula is C15H23N3O4S. The molecule has 2 N–H and O–H groups in total. The molecule has 0 atom stereocenters. The van der Waals surface area contributed by atoms with Gasteiger partial charge in [-0.2, -0.15) is 0 Å². The molecule has 128 valence electrons. The molecule has 0 aliphatic carbocycles. The van der Waals surface area contributed by atoms with Crippen LogP contribution < -0.4 is 4.72 Å². The Bertz CT molecular complexity index is 728. The van der Waals surface area contributed by atoms with Crippen LogP contribution in [0.4, 0.5) is 0 Å². The third-order valence-corrected chi connectivity index (χ3v) is 4.93. The summed E-state index contributed by atoms with van der Waals surface area (Å²) in [5.74, 6) is -0.206. The van der Waals surface area contributed by atoms with Crippen molar-refractivity contribution in [2.45, 2.75) is 39.7 Å². The number of nitrogens with zero attached hydrogens (tertiary/aromatic N) is 1. The zero-order valence-corrected chi connectivity index (χ0v) is 14.7. The highest BCUT2D eigenvalue weighted by Gasteiger charge is 2.28. The first kappa shape index (κ1) is 17.7. The van der Waals surface area contributed by atoms with Crippen LogP contribution >= 0.6 is 0 Å². The molecule has 1 aliphatic rings. The topological polar surface area (TPSA) is 99.3 Å². The molecule has 1 saturated heterocycles. The maximum Gasteiger partial charge on any atom is 0.270 e. The Kier molecular flexibility index (Phi) is 4.95. The molecule has 0 radical (unpaired) electrons. The standard InChI is InChI=1S/C15H23N3O4S/c1-9-13(11(3)19)10(2)16-14(9)15(20)18-7-5-12(6-8-18)17-23(4,21)22/h12,16-17H,5-8H2,1-4H3. The number of piperidine rings is 1. The van der Waals surface area contributed by atoms with Crippen molar-refractivity contribution in [1.82, 2.24) is 14.6 Å². The lowest BCUT2D eigenvalue weighted by Gasteiger charge is -2.31. The Balaban J connectivity index is 2.09. The Morgan fingerprint density at radius 1 is 1.22 bits per heavy atom. The van der Waals surface area contributed by atoms with Crippen LogP contribution in [0.3, 0.4) is 0 Å². The summed E-state index contributed by atoms with van der Waals surface area (Å²) in [5, 5.41) is 0. The summed E-state index contributed by atoms with van der Waals surface area (Å²) in [7, 11) is -3.23. The number of sulfonamides is 1. The van der Waals surface area contributed by atoms with E-state index in [1.165, 1.54) is 6.92 Å². The van der Waals surface area contributed by atoms with Crippen LogP contribution in [0.15, 0.2) is 0 Å². The first-order valence-electron chi connectivity index (χ1n) is 7.57. The molecule has 0 aromatic carbocycles. The Hall–Kier alpha value is -1.67. The number of hydrogen-bond donors (Lipinski definition) is 2. The number of rotatable bonds is 4. The minimum absolute atomic E-state index is 0.0636. The summed E-state index contributed by atoms with van der Waals surface area (Å²) in [6.07, 6.45) is 2.30. The first-order chi connectivity index (χ1) is 10.6. The minimum atomic E-state index is -3.23. The fraction of sp³-hybridized carbons (Fsp3) is 0.600. The van der Waals surface area contributed by atoms with Crippen LogP contribution in [0.5, 0.6) is 0 Å². The number of aromatic amines is 1. The van der Waals surface area contributed by atoms with Gasteiger partial charge in [-0.15, -0.1) is 0 Å². The quantitative estimate of drug-likeness (QED) is 0.798. The highest BCUT2D eigenvalue weighted by molar-refractivity contribution is 7.88. The van der Waals surface area contributed by atoms with Crippen LogP contribution in [-0.2, 0) is 10.0 Å². The molecule has 0 saturated carbocycles. The maximum atomic E-state index is 12.6. The smallest absolute Gasteiger partial charge is 0.270 e. The summed E-state index contributed by atoms with van der Waals surface area (Å²) in [6.45, 7) is 6.01. The summed E-state index contributed by atoms with van der Waals surface area (Å²) in [6, 6.07) is -0.131. The summed E-state index contributed by atoms with van der Waals surface area (Å²) in [4.78, 5) is 29.0. The van der Waals surface area contributed by atoms with Gasteiger partial charge in [-0.3, -0.25) is 9.59 Å². The molecule has 1 amide bonds. The lowest BCUT2D eigenvalue weighted by Crippen LogP contribution is -2.46. The second-order valence-electron chi connectivity index (χ2n) is 6.14. The number of Topliss-reactive ketones (excluding diaryl/α,β-unsaturated/α-hetero) is 1. The number of likely N-dealkylation sites (tertiary alicyclic amines) is 1. The maximum absolute atomic E-state index is 12.6. The van der Waals surface area contributed by atoms with Gasteiger partial charge < -0.3 is 9.88 Å². The Morgan fingerprint density at radius 2 is 1.78 bits per heavy atom. The van der Waals surface area contributed by atoms with Crippen LogP contribution in [-0.4, -0.2) is 55.4 Å². The van der Waals surface area contributed by atoms with E-state index < -0.39 is 10.0 Å². The number of nitrogens with one attached hydrogen (secondary N) is 2. The predicted octanol–water partition coefficient (Wildman–Crippen LogP) is 0.988. The first-order valence-corrected chi connectivity index (χ1v) is 9.46. The number of hydrogen-bond acceptors (Lipinski definition) is 4. The average Bonchev–Trinajstić information content (AvgIpc) is 2.72. The molecule has 23 heavy (non-hydrogen) atoms. The number of aryl methyl sites for hydroxylation is 1. The van der Waals surface area contributed by atoms with E-state index >= 15 is 0 Å². The van der Waals surface area contributed by atoms with Crippen molar-refractivity contribution in [1.29, 1.82) is 0 Å². The molecule has 0 spiro atoms. The van der Waals surface area contributed by atoms with Gasteiger partial charge in [0.15, 0.2) is 5.78 Å². The molecule has 1 fully saturated rings. The number of carbonyl (C=O) groups is 2. The number of H-pyrrole nitrogens is 1. The number of amides is 1. The molecule has 8 heteroatoms. The van der Waals surface area contributed by atoms with Gasteiger partial charge in [-0.05, 0) is 39.2 Å². The van der Waals surface area contributed by atoms with E-state index in [0.717, 1.165) is 6.26 Å². The van der Waals surface area contributed by atoms with Crippen LogP contribution in [0.25, 0.3) is 0 Å². The van der Waals surface area contributed by atoms with E-state index in [1.54, 1.807) is 18.7 Å². The fourth-order valence-electron chi connectivity index (χ4n) is 3.15. The monoisotopic (exact) mass is 341 g/mol. The zero-order chi connectivity index (χ0) is 17.4. The minimum Gasteiger partial charge on any atom is -0.354 e. The normalized spacial score (nSPS) is 16.6. The molecule has 7 nitrogen and oxygen atoms in total. The van der Waals surface area contributed by atoms with Gasteiger partial charge in [-0.25, -0.2) is 13.1 Å². The van der Waals surface area contributed by atoms with Crippen molar-refractivity contribution >= 4 is 21.7 Å². The third-order valence-electron chi connectivity index (χ3n) is 4.17. The molecule has 0 bridgehead atoms. The predicted molar refractivity (Wildman–Crippen MR) is 87.2 cm³/mol. The number of aromatic nitrogens is 1. The number of carbonyl (C=O) groups excluding carboxylic acids is 2. The van der Waals surface area contributed by atoms with Gasteiger partial charge in [0.2, 0.25) is 10.0 Å². The van der Waals surface area contributed by atoms with E-state index in [0.29, 0.717) is 48.4 Å². The second-order valence-corrected chi connectivity index (χ2v) is 7.92. The second kappa shape index (κ2) is 6.45. The lowest BCUT2D eigenvalue weighted by molar-refractivity contribution is 0.0705. The van der Waals surface area contributed by atoms with Gasteiger partial charge >= 0.3 is 0 Å². The highest BCUT2D eigenvalue weighted by Crippen LogP contribution is 2.21. The molecule has 0 unspecified atom stereocenters. The zero-order valence-electron chi connectivity index (χ0n) is 13.9. The van der Waals surface area contributed by atoms with E-state index in [4.69, 9.17) is 0 Å². The molecular weight excluding hydrogens is 318 g/mol. The molecule has 1 aromatic rings. The molecule has 2 rings (SSSR count). The van der Waals surface area contributed by atoms with Gasteiger partial charge in [0.25, 0.3) is 5.91 Å². The SMILES string of the molecule is CC(=O)c1c(C)[nH]c(C(=O)N2CCC(NS(C)(=O)=O)CC2)c1C. The van der Waals surface area contributed by atoms with Gasteiger partial charge in [0.1, 0.15) is 5.69 Å². The van der Waals surface area contributed by atoms with Crippen molar-refractivity contribution in [3.8, 4) is 0 Å². The van der Waals surface area contributed by atoms with E-state index in [2.05, 4.69) is 9.71 Å². The number of ketones is 1. The Labute approximate surface area is 136 Å². The summed E-state index contributed by atoms with van der Waals surface area (Å²) in [5.41, 5.74) is 2.40. The largest absolute Gasteiger partial charge is 0.354 e. The van der Waals surface area contributed by atoms with Crippen LogP contribution in [0, 0.1) is 13.8 Å². The van der Waals surface area contributed by atoms with Crippen molar-refractivity contribution in [2.24, 2.45) is 0 Å². The van der Waals surface area contributed by atoms with Gasteiger partial charge in [0.05, 0.1) is 6.26 Å². The van der Waals surface area contributed by atoms with Gasteiger partial charge in [0, 0.05) is 30.4 Å². The Morgan fingerprint density at radius 3 is 2.22 bits per heavy atom. The molecule has 1 aromatic heterocycles. The van der Waals surface area contributed by atoms with Crippen LogP contribution in [0.2, 0.25) is 0 Å². The molecule has 1 aliphatic heterocycles. The third kappa shape index (κ3) is 4.00.